The summed E-state index contributed by atoms with van der Waals surface area (Å²) in [6.45, 7) is 10.4. The number of aromatic nitrogens is 4. The summed E-state index contributed by atoms with van der Waals surface area (Å²) in [6, 6.07) is 3.89. The van der Waals surface area contributed by atoms with E-state index in [1.54, 1.807) is 0 Å². The van der Waals surface area contributed by atoms with Gasteiger partial charge in [0.15, 0.2) is 11.5 Å². The topological polar surface area (TPSA) is 84.7 Å². The Kier molecular flexibility index (Phi) is 4.40. The van der Waals surface area contributed by atoms with Crippen LogP contribution in [-0.2, 0) is 14.9 Å². The van der Waals surface area contributed by atoms with Crippen LogP contribution in [0.3, 0.4) is 0 Å². The highest BCUT2D eigenvalue weighted by Crippen LogP contribution is 2.22. The van der Waals surface area contributed by atoms with E-state index in [1.807, 2.05) is 16.6 Å². The minimum absolute atomic E-state index is 0.0388. The molecule has 8 heteroatoms. The van der Waals surface area contributed by atoms with Crippen LogP contribution in [0.15, 0.2) is 12.1 Å². The number of anilines is 1. The maximum absolute atomic E-state index is 11.1. The molecule has 0 aromatic carbocycles. The Bertz CT molecular complexity index is 736. The average molecular weight is 332 g/mol. The Morgan fingerprint density at radius 1 is 1.38 bits per heavy atom. The highest BCUT2D eigenvalue weighted by molar-refractivity contribution is 5.72. The highest BCUT2D eigenvalue weighted by Gasteiger charge is 2.25. The predicted molar refractivity (Wildman–Crippen MR) is 90.1 cm³/mol. The van der Waals surface area contributed by atoms with E-state index < -0.39 is 0 Å². The van der Waals surface area contributed by atoms with Gasteiger partial charge >= 0.3 is 0 Å². The van der Waals surface area contributed by atoms with Crippen LogP contribution >= 0.6 is 0 Å². The van der Waals surface area contributed by atoms with Gasteiger partial charge in [-0.1, -0.05) is 20.8 Å². The SMILES string of the molecule is CC(=O)NCC1CN(c2ccc3nnc(C(C)(C)C)n3n2)CCO1. The summed E-state index contributed by atoms with van der Waals surface area (Å²) >= 11 is 0. The van der Waals surface area contributed by atoms with Gasteiger partial charge in [-0.15, -0.1) is 15.3 Å². The lowest BCUT2D eigenvalue weighted by molar-refractivity contribution is -0.119. The van der Waals surface area contributed by atoms with Crippen molar-refractivity contribution in [2.75, 3.05) is 31.1 Å². The minimum atomic E-state index is -0.135. The smallest absolute Gasteiger partial charge is 0.216 e. The molecular weight excluding hydrogens is 308 g/mol. The van der Waals surface area contributed by atoms with Crippen molar-refractivity contribution in [1.29, 1.82) is 0 Å². The second-order valence-corrected chi connectivity index (χ2v) is 7.11. The van der Waals surface area contributed by atoms with Gasteiger partial charge in [-0.05, 0) is 12.1 Å². The summed E-state index contributed by atoms with van der Waals surface area (Å²) in [5, 5.41) is 16.0. The molecule has 1 atom stereocenters. The first kappa shape index (κ1) is 16.6. The first-order valence-corrected chi connectivity index (χ1v) is 8.18. The molecule has 0 saturated carbocycles. The molecule has 0 radical (unpaired) electrons. The molecule has 130 valence electrons. The summed E-state index contributed by atoms with van der Waals surface area (Å²) < 4.78 is 7.53. The fourth-order valence-electron chi connectivity index (χ4n) is 2.72. The van der Waals surface area contributed by atoms with Crippen molar-refractivity contribution in [3.05, 3.63) is 18.0 Å². The number of ether oxygens (including phenoxy) is 1. The normalized spacial score (nSPS) is 18.8. The quantitative estimate of drug-likeness (QED) is 0.893. The van der Waals surface area contributed by atoms with E-state index in [4.69, 9.17) is 9.84 Å². The van der Waals surface area contributed by atoms with Crippen LogP contribution < -0.4 is 10.2 Å². The number of morpholine rings is 1. The molecule has 0 bridgehead atoms. The van der Waals surface area contributed by atoms with Gasteiger partial charge < -0.3 is 15.0 Å². The van der Waals surface area contributed by atoms with Crippen LogP contribution in [-0.4, -0.2) is 58.1 Å². The molecule has 24 heavy (non-hydrogen) atoms. The number of nitrogens with one attached hydrogen (secondary N) is 1. The van der Waals surface area contributed by atoms with E-state index in [2.05, 4.69) is 41.2 Å². The zero-order valence-corrected chi connectivity index (χ0v) is 14.6. The summed E-state index contributed by atoms with van der Waals surface area (Å²) in [5.41, 5.74) is 0.607. The standard InChI is InChI=1S/C16H24N6O2/c1-11(23)17-9-12-10-21(7-8-24-12)14-6-5-13-18-19-15(16(2,3)4)22(13)20-14/h5-6,12H,7-10H2,1-4H3,(H,17,23). The van der Waals surface area contributed by atoms with Gasteiger partial charge in [-0.3, -0.25) is 4.79 Å². The lowest BCUT2D eigenvalue weighted by Gasteiger charge is -2.33. The van der Waals surface area contributed by atoms with E-state index in [9.17, 15) is 4.79 Å². The fourth-order valence-corrected chi connectivity index (χ4v) is 2.72. The molecule has 0 spiro atoms. The number of hydrogen-bond acceptors (Lipinski definition) is 6. The second-order valence-electron chi connectivity index (χ2n) is 7.11. The molecule has 1 N–H and O–H groups in total. The van der Waals surface area contributed by atoms with Crippen LogP contribution in [0.5, 0.6) is 0 Å². The van der Waals surface area contributed by atoms with E-state index in [1.165, 1.54) is 6.92 Å². The molecular formula is C16H24N6O2. The molecule has 0 aliphatic carbocycles. The minimum Gasteiger partial charge on any atom is -0.373 e. The molecule has 3 rings (SSSR count). The Balaban J connectivity index is 1.82. The third kappa shape index (κ3) is 3.48. The average Bonchev–Trinajstić information content (AvgIpc) is 2.96. The molecule has 2 aromatic heterocycles. The van der Waals surface area contributed by atoms with Gasteiger partial charge in [0.05, 0.1) is 12.7 Å². The van der Waals surface area contributed by atoms with Crippen molar-refractivity contribution < 1.29 is 9.53 Å². The summed E-state index contributed by atoms with van der Waals surface area (Å²) in [5.74, 6) is 1.65. The zero-order valence-electron chi connectivity index (χ0n) is 14.6. The Morgan fingerprint density at radius 3 is 2.88 bits per heavy atom. The van der Waals surface area contributed by atoms with Gasteiger partial charge in [0.25, 0.3) is 0 Å². The van der Waals surface area contributed by atoms with Gasteiger partial charge in [0, 0.05) is 32.0 Å². The highest BCUT2D eigenvalue weighted by atomic mass is 16.5. The molecule has 1 saturated heterocycles. The zero-order chi connectivity index (χ0) is 17.3. The van der Waals surface area contributed by atoms with Crippen LogP contribution in [0.25, 0.3) is 5.65 Å². The summed E-state index contributed by atoms with van der Waals surface area (Å²) in [7, 11) is 0. The Hall–Kier alpha value is -2.22. The summed E-state index contributed by atoms with van der Waals surface area (Å²) in [6.07, 6.45) is -0.0388. The van der Waals surface area contributed by atoms with Crippen LogP contribution in [0.4, 0.5) is 5.82 Å². The number of carbonyl (C=O) groups is 1. The Morgan fingerprint density at radius 2 is 2.17 bits per heavy atom. The fraction of sp³-hybridized carbons (Fsp3) is 0.625. The van der Waals surface area contributed by atoms with Crippen LogP contribution in [0.1, 0.15) is 33.5 Å². The monoisotopic (exact) mass is 332 g/mol. The first-order chi connectivity index (χ1) is 11.3. The summed E-state index contributed by atoms with van der Waals surface area (Å²) in [4.78, 5) is 13.2. The van der Waals surface area contributed by atoms with Crippen molar-refractivity contribution in [2.24, 2.45) is 0 Å². The number of rotatable bonds is 3. The molecule has 1 unspecified atom stereocenters. The van der Waals surface area contributed by atoms with Gasteiger partial charge in [0.2, 0.25) is 5.91 Å². The number of fused-ring (bicyclic) bond motifs is 1. The molecule has 2 aromatic rings. The molecule has 1 amide bonds. The van der Waals surface area contributed by atoms with E-state index >= 15 is 0 Å². The van der Waals surface area contributed by atoms with Crippen LogP contribution in [0, 0.1) is 0 Å². The third-order valence-corrected chi connectivity index (χ3v) is 3.96. The number of carbonyl (C=O) groups excluding carboxylic acids is 1. The third-order valence-electron chi connectivity index (χ3n) is 3.96. The lowest BCUT2D eigenvalue weighted by atomic mass is 9.96. The largest absolute Gasteiger partial charge is 0.373 e. The van der Waals surface area contributed by atoms with Crippen molar-refractivity contribution >= 4 is 17.4 Å². The van der Waals surface area contributed by atoms with E-state index in [-0.39, 0.29) is 17.4 Å². The molecule has 8 nitrogen and oxygen atoms in total. The second kappa shape index (κ2) is 6.35. The molecule has 3 heterocycles. The lowest BCUT2D eigenvalue weighted by Crippen LogP contribution is -2.47. The molecule has 1 aliphatic rings. The van der Waals surface area contributed by atoms with Crippen molar-refractivity contribution in [3.8, 4) is 0 Å². The van der Waals surface area contributed by atoms with E-state index in [0.29, 0.717) is 19.7 Å². The first-order valence-electron chi connectivity index (χ1n) is 8.18. The number of nitrogens with zero attached hydrogens (tertiary/aromatic N) is 5. The number of amides is 1. The van der Waals surface area contributed by atoms with E-state index in [0.717, 1.165) is 23.8 Å². The van der Waals surface area contributed by atoms with Gasteiger partial charge in [-0.25, -0.2) is 0 Å². The molecule has 1 fully saturated rings. The van der Waals surface area contributed by atoms with Crippen molar-refractivity contribution in [1.82, 2.24) is 25.1 Å². The van der Waals surface area contributed by atoms with Crippen molar-refractivity contribution in [3.63, 3.8) is 0 Å². The molecule has 1 aliphatic heterocycles. The maximum Gasteiger partial charge on any atom is 0.216 e. The Labute approximate surface area is 141 Å². The van der Waals surface area contributed by atoms with Crippen LogP contribution in [0.2, 0.25) is 0 Å². The van der Waals surface area contributed by atoms with Gasteiger partial charge in [0.1, 0.15) is 5.82 Å². The van der Waals surface area contributed by atoms with Crippen molar-refractivity contribution in [2.45, 2.75) is 39.2 Å². The van der Waals surface area contributed by atoms with Gasteiger partial charge in [-0.2, -0.15) is 4.52 Å². The predicted octanol–water partition coefficient (Wildman–Crippen LogP) is 0.763. The maximum atomic E-state index is 11.1. The number of hydrogen-bond donors (Lipinski definition) is 1.